The summed E-state index contributed by atoms with van der Waals surface area (Å²) in [4.78, 5) is 26.1. The molecular formula is C20H31N3O3. The number of nitrogens with zero attached hydrogens (tertiary/aromatic N) is 1. The second kappa shape index (κ2) is 9.57. The van der Waals surface area contributed by atoms with Crippen LogP contribution in [0.3, 0.4) is 0 Å². The zero-order valence-corrected chi connectivity index (χ0v) is 16.0. The van der Waals surface area contributed by atoms with Crippen LogP contribution in [0.1, 0.15) is 45.1 Å². The Labute approximate surface area is 156 Å². The predicted molar refractivity (Wildman–Crippen MR) is 101 cm³/mol. The van der Waals surface area contributed by atoms with E-state index in [1.165, 1.54) is 0 Å². The van der Waals surface area contributed by atoms with Gasteiger partial charge in [0.25, 0.3) is 0 Å². The van der Waals surface area contributed by atoms with Gasteiger partial charge in [0.2, 0.25) is 5.91 Å². The molecule has 2 amide bonds. The summed E-state index contributed by atoms with van der Waals surface area (Å²) in [6, 6.07) is 9.44. The molecule has 1 aliphatic rings. The molecule has 0 spiro atoms. The quantitative estimate of drug-likeness (QED) is 0.816. The summed E-state index contributed by atoms with van der Waals surface area (Å²) in [7, 11) is 1.83. The molecule has 6 heteroatoms. The van der Waals surface area contributed by atoms with Crippen LogP contribution in [0.5, 0.6) is 0 Å². The molecule has 26 heavy (non-hydrogen) atoms. The Bertz CT molecular complexity index is 583. The number of hydrogen-bond donors (Lipinski definition) is 2. The van der Waals surface area contributed by atoms with Crippen LogP contribution in [0.4, 0.5) is 4.79 Å². The van der Waals surface area contributed by atoms with Gasteiger partial charge >= 0.3 is 6.09 Å². The molecule has 144 valence electrons. The Morgan fingerprint density at radius 3 is 2.38 bits per heavy atom. The van der Waals surface area contributed by atoms with Gasteiger partial charge in [-0.25, -0.2) is 4.79 Å². The normalized spacial score (nSPS) is 21.1. The highest BCUT2D eigenvalue weighted by atomic mass is 16.5. The SMILES string of the molecule is CC(C)[C@H](N)C(=O)N(C)C1CCC(NC(=O)OCc2ccccc2)CC1. The molecule has 2 rings (SSSR count). The minimum atomic E-state index is -0.455. The van der Waals surface area contributed by atoms with Crippen molar-refractivity contribution < 1.29 is 14.3 Å². The fraction of sp³-hybridized carbons (Fsp3) is 0.600. The first kappa shape index (κ1) is 20.2. The van der Waals surface area contributed by atoms with Gasteiger partial charge in [-0.15, -0.1) is 0 Å². The maximum atomic E-state index is 12.4. The lowest BCUT2D eigenvalue weighted by Gasteiger charge is -2.36. The minimum absolute atomic E-state index is 0.00122. The van der Waals surface area contributed by atoms with E-state index in [0.717, 1.165) is 31.2 Å². The van der Waals surface area contributed by atoms with Crippen molar-refractivity contribution in [2.24, 2.45) is 11.7 Å². The molecule has 1 atom stereocenters. The van der Waals surface area contributed by atoms with Crippen LogP contribution in [0.15, 0.2) is 30.3 Å². The fourth-order valence-corrected chi connectivity index (χ4v) is 3.24. The Morgan fingerprint density at radius 2 is 1.81 bits per heavy atom. The number of rotatable bonds is 6. The van der Waals surface area contributed by atoms with Crippen molar-refractivity contribution in [3.05, 3.63) is 35.9 Å². The lowest BCUT2D eigenvalue weighted by molar-refractivity contribution is -0.135. The fourth-order valence-electron chi connectivity index (χ4n) is 3.24. The second-order valence-corrected chi connectivity index (χ2v) is 7.43. The van der Waals surface area contributed by atoms with Crippen molar-refractivity contribution in [3.8, 4) is 0 Å². The van der Waals surface area contributed by atoms with Gasteiger partial charge in [0.15, 0.2) is 0 Å². The van der Waals surface area contributed by atoms with E-state index in [-0.39, 0.29) is 36.6 Å². The molecule has 0 heterocycles. The Balaban J connectivity index is 1.72. The summed E-state index contributed by atoms with van der Waals surface area (Å²) >= 11 is 0. The largest absolute Gasteiger partial charge is 0.445 e. The highest BCUT2D eigenvalue weighted by molar-refractivity contribution is 5.82. The number of nitrogens with two attached hydrogens (primary N) is 1. The number of amides is 2. The van der Waals surface area contributed by atoms with Crippen LogP contribution >= 0.6 is 0 Å². The number of ether oxygens (including phenoxy) is 1. The van der Waals surface area contributed by atoms with Crippen LogP contribution in [0, 0.1) is 5.92 Å². The summed E-state index contributed by atoms with van der Waals surface area (Å²) in [5, 5.41) is 2.93. The molecule has 0 saturated heterocycles. The van der Waals surface area contributed by atoms with Gasteiger partial charge in [-0.3, -0.25) is 4.79 Å². The van der Waals surface area contributed by atoms with Crippen molar-refractivity contribution in [1.82, 2.24) is 10.2 Å². The van der Waals surface area contributed by atoms with E-state index in [4.69, 9.17) is 10.5 Å². The summed E-state index contributed by atoms with van der Waals surface area (Å²) in [6.07, 6.45) is 3.00. The van der Waals surface area contributed by atoms with Gasteiger partial charge in [-0.1, -0.05) is 44.2 Å². The smallest absolute Gasteiger partial charge is 0.407 e. The van der Waals surface area contributed by atoms with E-state index in [1.54, 1.807) is 4.90 Å². The summed E-state index contributed by atoms with van der Waals surface area (Å²) in [5.74, 6) is 0.126. The molecule has 0 bridgehead atoms. The summed E-state index contributed by atoms with van der Waals surface area (Å²) < 4.78 is 5.27. The summed E-state index contributed by atoms with van der Waals surface area (Å²) in [6.45, 7) is 4.18. The van der Waals surface area contributed by atoms with E-state index in [2.05, 4.69) is 5.32 Å². The first-order chi connectivity index (χ1) is 12.4. The van der Waals surface area contributed by atoms with Crippen molar-refractivity contribution in [2.75, 3.05) is 7.05 Å². The Hall–Kier alpha value is -2.08. The van der Waals surface area contributed by atoms with E-state index < -0.39 is 6.04 Å². The van der Waals surface area contributed by atoms with Crippen LogP contribution in [0.2, 0.25) is 0 Å². The zero-order chi connectivity index (χ0) is 19.1. The molecule has 1 aliphatic carbocycles. The van der Waals surface area contributed by atoms with E-state index >= 15 is 0 Å². The number of nitrogens with one attached hydrogen (secondary N) is 1. The maximum Gasteiger partial charge on any atom is 0.407 e. The van der Waals surface area contributed by atoms with Crippen molar-refractivity contribution in [3.63, 3.8) is 0 Å². The Kier molecular flexibility index (Phi) is 7.45. The highest BCUT2D eigenvalue weighted by Crippen LogP contribution is 2.23. The van der Waals surface area contributed by atoms with E-state index in [0.29, 0.717) is 0 Å². The highest BCUT2D eigenvalue weighted by Gasteiger charge is 2.30. The van der Waals surface area contributed by atoms with E-state index in [1.807, 2.05) is 51.2 Å². The molecule has 1 aromatic rings. The third-order valence-corrected chi connectivity index (χ3v) is 5.13. The van der Waals surface area contributed by atoms with Gasteiger partial charge in [0, 0.05) is 19.1 Å². The van der Waals surface area contributed by atoms with Crippen molar-refractivity contribution in [1.29, 1.82) is 0 Å². The predicted octanol–water partition coefficient (Wildman–Crippen LogP) is 2.67. The monoisotopic (exact) mass is 361 g/mol. The third-order valence-electron chi connectivity index (χ3n) is 5.13. The van der Waals surface area contributed by atoms with Gasteiger partial charge < -0.3 is 20.7 Å². The second-order valence-electron chi connectivity index (χ2n) is 7.43. The molecule has 0 unspecified atom stereocenters. The standard InChI is InChI=1S/C20H31N3O3/c1-14(2)18(21)19(24)23(3)17-11-9-16(10-12-17)22-20(25)26-13-15-7-5-4-6-8-15/h4-8,14,16-18H,9-13,21H2,1-3H3,(H,22,25)/t16?,17?,18-/m0/s1. The average Bonchev–Trinajstić information content (AvgIpc) is 2.66. The molecule has 0 radical (unpaired) electrons. The first-order valence-electron chi connectivity index (χ1n) is 9.38. The van der Waals surface area contributed by atoms with Crippen molar-refractivity contribution in [2.45, 2.75) is 64.3 Å². The maximum absolute atomic E-state index is 12.4. The molecule has 6 nitrogen and oxygen atoms in total. The Morgan fingerprint density at radius 1 is 1.19 bits per heavy atom. The van der Waals surface area contributed by atoms with Crippen molar-refractivity contribution >= 4 is 12.0 Å². The molecule has 1 aromatic carbocycles. The number of carbonyl (C=O) groups is 2. The van der Waals surface area contributed by atoms with Crippen LogP contribution in [-0.4, -0.2) is 42.1 Å². The first-order valence-corrected chi connectivity index (χ1v) is 9.38. The molecule has 0 aromatic heterocycles. The molecular weight excluding hydrogens is 330 g/mol. The topological polar surface area (TPSA) is 84.7 Å². The zero-order valence-electron chi connectivity index (χ0n) is 16.0. The molecule has 3 N–H and O–H groups in total. The van der Waals surface area contributed by atoms with Crippen LogP contribution in [-0.2, 0) is 16.1 Å². The number of alkyl carbamates (subject to hydrolysis) is 1. The lowest BCUT2D eigenvalue weighted by atomic mass is 9.89. The van der Waals surface area contributed by atoms with Gasteiger partial charge in [-0.2, -0.15) is 0 Å². The number of benzene rings is 1. The molecule has 1 fully saturated rings. The lowest BCUT2D eigenvalue weighted by Crippen LogP contribution is -2.50. The van der Waals surface area contributed by atoms with E-state index in [9.17, 15) is 9.59 Å². The molecule has 0 aliphatic heterocycles. The van der Waals surface area contributed by atoms with Gasteiger partial charge in [-0.05, 0) is 37.2 Å². The van der Waals surface area contributed by atoms with Crippen LogP contribution in [0.25, 0.3) is 0 Å². The van der Waals surface area contributed by atoms with Crippen LogP contribution < -0.4 is 11.1 Å². The number of carbonyl (C=O) groups excluding carboxylic acids is 2. The molecule has 1 saturated carbocycles. The van der Waals surface area contributed by atoms with Gasteiger partial charge in [0.1, 0.15) is 6.61 Å². The van der Waals surface area contributed by atoms with Gasteiger partial charge in [0.05, 0.1) is 6.04 Å². The summed E-state index contributed by atoms with van der Waals surface area (Å²) in [5.41, 5.74) is 6.94. The average molecular weight is 361 g/mol. The number of likely N-dealkylation sites (N-methyl/N-ethyl adjacent to an activating group) is 1. The third kappa shape index (κ3) is 5.73. The number of hydrogen-bond acceptors (Lipinski definition) is 4. The minimum Gasteiger partial charge on any atom is -0.445 e.